The SMILES string of the molecule is C=C[C@H](c1ccccc1)[C@H](NCc1ccccc1O)c1ccc(C#N)cc1. The number of hydrogen-bond donors (Lipinski definition) is 2. The van der Waals surface area contributed by atoms with E-state index in [9.17, 15) is 5.11 Å². The van der Waals surface area contributed by atoms with E-state index >= 15 is 0 Å². The normalized spacial score (nSPS) is 12.7. The molecule has 0 aliphatic heterocycles. The van der Waals surface area contributed by atoms with Crippen molar-refractivity contribution in [1.29, 1.82) is 5.26 Å². The highest BCUT2D eigenvalue weighted by Crippen LogP contribution is 2.33. The van der Waals surface area contributed by atoms with Crippen LogP contribution in [0.5, 0.6) is 5.75 Å². The lowest BCUT2D eigenvalue weighted by Crippen LogP contribution is -2.26. The van der Waals surface area contributed by atoms with Crippen LogP contribution in [0.1, 0.15) is 34.2 Å². The van der Waals surface area contributed by atoms with Crippen LogP contribution < -0.4 is 5.32 Å². The van der Waals surface area contributed by atoms with Crippen LogP contribution in [0.4, 0.5) is 0 Å². The molecule has 0 radical (unpaired) electrons. The largest absolute Gasteiger partial charge is 0.508 e. The molecule has 0 aromatic heterocycles. The Kier molecular flexibility index (Phi) is 6.04. The summed E-state index contributed by atoms with van der Waals surface area (Å²) in [6, 6.07) is 27.2. The van der Waals surface area contributed by atoms with Crippen molar-refractivity contribution in [3.8, 4) is 11.8 Å². The predicted molar refractivity (Wildman–Crippen MR) is 108 cm³/mol. The molecule has 0 heterocycles. The summed E-state index contributed by atoms with van der Waals surface area (Å²) in [5, 5.41) is 22.7. The van der Waals surface area contributed by atoms with Gasteiger partial charge in [0.1, 0.15) is 5.75 Å². The minimum atomic E-state index is -0.0442. The van der Waals surface area contributed by atoms with Gasteiger partial charge in [0.05, 0.1) is 11.6 Å². The molecule has 0 aliphatic carbocycles. The molecule has 0 unspecified atom stereocenters. The van der Waals surface area contributed by atoms with Gasteiger partial charge in [-0.2, -0.15) is 5.26 Å². The number of nitriles is 1. The van der Waals surface area contributed by atoms with E-state index in [4.69, 9.17) is 5.26 Å². The topological polar surface area (TPSA) is 56.0 Å². The van der Waals surface area contributed by atoms with E-state index in [-0.39, 0.29) is 17.7 Å². The maximum Gasteiger partial charge on any atom is 0.120 e. The third-order valence-electron chi connectivity index (χ3n) is 4.70. The smallest absolute Gasteiger partial charge is 0.120 e. The minimum Gasteiger partial charge on any atom is -0.508 e. The number of phenolic OH excluding ortho intramolecular Hbond substituents is 1. The molecular weight excluding hydrogens is 332 g/mol. The maximum absolute atomic E-state index is 10.1. The van der Waals surface area contributed by atoms with Crippen LogP contribution in [0.25, 0.3) is 0 Å². The first-order valence-corrected chi connectivity index (χ1v) is 8.90. The second-order valence-electron chi connectivity index (χ2n) is 6.39. The molecule has 3 nitrogen and oxygen atoms in total. The van der Waals surface area contributed by atoms with Crippen molar-refractivity contribution < 1.29 is 5.11 Å². The summed E-state index contributed by atoms with van der Waals surface area (Å²) in [7, 11) is 0. The molecule has 3 rings (SSSR count). The molecular formula is C24H22N2O. The second-order valence-corrected chi connectivity index (χ2v) is 6.39. The van der Waals surface area contributed by atoms with Crippen molar-refractivity contribution in [2.24, 2.45) is 0 Å². The average Bonchev–Trinajstić information content (AvgIpc) is 2.73. The molecule has 0 saturated carbocycles. The van der Waals surface area contributed by atoms with Gasteiger partial charge < -0.3 is 10.4 Å². The molecule has 27 heavy (non-hydrogen) atoms. The molecule has 134 valence electrons. The van der Waals surface area contributed by atoms with Crippen molar-refractivity contribution >= 4 is 0 Å². The number of para-hydroxylation sites is 1. The number of rotatable bonds is 7. The molecule has 0 spiro atoms. The predicted octanol–water partition coefficient (Wildman–Crippen LogP) is 5.06. The van der Waals surface area contributed by atoms with E-state index in [1.807, 2.05) is 66.7 Å². The standard InChI is InChI=1S/C24H22N2O/c1-2-22(19-8-4-3-5-9-19)24(20-14-12-18(16-25)13-15-20)26-17-21-10-6-7-11-23(21)27/h2-15,22,24,26-27H,1,17H2/t22-,24-/m1/s1. The van der Waals surface area contributed by atoms with E-state index in [0.717, 1.165) is 16.7 Å². The van der Waals surface area contributed by atoms with Crippen molar-refractivity contribution in [2.45, 2.75) is 18.5 Å². The molecule has 3 aromatic rings. The summed E-state index contributed by atoms with van der Waals surface area (Å²) in [5.41, 5.74) is 3.70. The quantitative estimate of drug-likeness (QED) is 0.583. The molecule has 0 fully saturated rings. The van der Waals surface area contributed by atoms with Crippen LogP contribution in [-0.2, 0) is 6.54 Å². The number of phenols is 1. The zero-order valence-electron chi connectivity index (χ0n) is 15.0. The maximum atomic E-state index is 10.1. The van der Waals surface area contributed by atoms with Gasteiger partial charge in [-0.25, -0.2) is 0 Å². The van der Waals surface area contributed by atoms with Gasteiger partial charge in [0.15, 0.2) is 0 Å². The summed E-state index contributed by atoms with van der Waals surface area (Å²) in [4.78, 5) is 0. The number of hydrogen-bond acceptors (Lipinski definition) is 3. The second kappa shape index (κ2) is 8.84. The fraction of sp³-hybridized carbons (Fsp3) is 0.125. The van der Waals surface area contributed by atoms with E-state index in [0.29, 0.717) is 12.1 Å². The van der Waals surface area contributed by atoms with Crippen LogP contribution in [0.3, 0.4) is 0 Å². The van der Waals surface area contributed by atoms with Gasteiger partial charge in [0.25, 0.3) is 0 Å². The fourth-order valence-electron chi connectivity index (χ4n) is 3.24. The highest BCUT2D eigenvalue weighted by molar-refractivity contribution is 5.37. The first kappa shape index (κ1) is 18.4. The van der Waals surface area contributed by atoms with Crippen molar-refractivity contribution in [3.05, 3.63) is 114 Å². The van der Waals surface area contributed by atoms with Gasteiger partial charge in [0.2, 0.25) is 0 Å². The monoisotopic (exact) mass is 354 g/mol. The van der Waals surface area contributed by atoms with Gasteiger partial charge in [-0.05, 0) is 29.3 Å². The van der Waals surface area contributed by atoms with Gasteiger partial charge in [-0.1, -0.05) is 66.7 Å². The van der Waals surface area contributed by atoms with Gasteiger partial charge in [0, 0.05) is 24.1 Å². The van der Waals surface area contributed by atoms with Crippen LogP contribution in [0.2, 0.25) is 0 Å². The minimum absolute atomic E-state index is 0.0442. The Balaban J connectivity index is 1.93. The number of nitrogens with one attached hydrogen (secondary N) is 1. The molecule has 2 atom stereocenters. The molecule has 0 saturated heterocycles. The molecule has 0 bridgehead atoms. The first-order valence-electron chi connectivity index (χ1n) is 8.90. The van der Waals surface area contributed by atoms with E-state index in [2.05, 4.69) is 30.1 Å². The van der Waals surface area contributed by atoms with Gasteiger partial charge in [-0.15, -0.1) is 6.58 Å². The summed E-state index contributed by atoms with van der Waals surface area (Å²) in [6.07, 6.45) is 1.94. The highest BCUT2D eigenvalue weighted by atomic mass is 16.3. The van der Waals surface area contributed by atoms with Crippen LogP contribution in [0, 0.1) is 11.3 Å². The summed E-state index contributed by atoms with van der Waals surface area (Å²) in [6.45, 7) is 4.57. The van der Waals surface area contributed by atoms with Crippen LogP contribution in [-0.4, -0.2) is 5.11 Å². The lowest BCUT2D eigenvalue weighted by Gasteiger charge is -2.27. The number of benzene rings is 3. The van der Waals surface area contributed by atoms with Gasteiger partial charge in [-0.3, -0.25) is 0 Å². The van der Waals surface area contributed by atoms with E-state index in [1.54, 1.807) is 6.07 Å². The third kappa shape index (κ3) is 4.44. The Labute approximate surface area is 160 Å². The molecule has 3 heteroatoms. The zero-order valence-corrected chi connectivity index (χ0v) is 15.0. The van der Waals surface area contributed by atoms with Gasteiger partial charge >= 0.3 is 0 Å². The summed E-state index contributed by atoms with van der Waals surface area (Å²) in [5.74, 6) is 0.323. The Morgan fingerprint density at radius 2 is 1.59 bits per heavy atom. The lowest BCUT2D eigenvalue weighted by molar-refractivity contribution is 0.449. The van der Waals surface area contributed by atoms with E-state index < -0.39 is 0 Å². The Morgan fingerprint density at radius 3 is 2.22 bits per heavy atom. The average molecular weight is 354 g/mol. The summed E-state index contributed by atoms with van der Waals surface area (Å²) >= 11 is 0. The third-order valence-corrected chi connectivity index (χ3v) is 4.70. The highest BCUT2D eigenvalue weighted by Gasteiger charge is 2.22. The molecule has 0 amide bonds. The number of nitrogens with zero attached hydrogens (tertiary/aromatic N) is 1. The molecule has 0 aliphatic rings. The van der Waals surface area contributed by atoms with Crippen LogP contribution >= 0.6 is 0 Å². The first-order chi connectivity index (χ1) is 13.2. The molecule has 3 aromatic carbocycles. The van der Waals surface area contributed by atoms with E-state index in [1.165, 1.54) is 0 Å². The Hall–Kier alpha value is -3.35. The van der Waals surface area contributed by atoms with Crippen molar-refractivity contribution in [1.82, 2.24) is 5.32 Å². The Bertz CT molecular complexity index is 927. The Morgan fingerprint density at radius 1 is 0.926 bits per heavy atom. The molecule has 2 N–H and O–H groups in total. The summed E-state index contributed by atoms with van der Waals surface area (Å²) < 4.78 is 0. The van der Waals surface area contributed by atoms with Crippen molar-refractivity contribution in [3.63, 3.8) is 0 Å². The number of aromatic hydroxyl groups is 1. The van der Waals surface area contributed by atoms with Crippen LogP contribution in [0.15, 0.2) is 91.5 Å². The fourth-order valence-corrected chi connectivity index (χ4v) is 3.24. The zero-order chi connectivity index (χ0) is 19.1. The van der Waals surface area contributed by atoms with Crippen molar-refractivity contribution in [2.75, 3.05) is 0 Å². The lowest BCUT2D eigenvalue weighted by atomic mass is 9.86.